The van der Waals surface area contributed by atoms with Crippen molar-refractivity contribution in [3.05, 3.63) is 69.1 Å². The lowest BCUT2D eigenvalue weighted by molar-refractivity contribution is 0.0744. The highest BCUT2D eigenvalue weighted by Crippen LogP contribution is 2.34. The van der Waals surface area contributed by atoms with Crippen LogP contribution >= 0.6 is 22.9 Å². The van der Waals surface area contributed by atoms with Gasteiger partial charge in [-0.3, -0.25) is 4.79 Å². The van der Waals surface area contributed by atoms with Gasteiger partial charge in [0.1, 0.15) is 11.5 Å². The van der Waals surface area contributed by atoms with E-state index in [-0.39, 0.29) is 5.91 Å². The molecular weight excluding hydrogens is 452 g/mol. The average molecular weight is 479 g/mol. The van der Waals surface area contributed by atoms with E-state index in [0.717, 1.165) is 38.9 Å². The van der Waals surface area contributed by atoms with Gasteiger partial charge >= 0.3 is 0 Å². The smallest absolute Gasteiger partial charge is 0.274 e. The number of hydrogen-bond donors (Lipinski definition) is 1. The first-order valence-electron chi connectivity index (χ1n) is 11.4. The van der Waals surface area contributed by atoms with Gasteiger partial charge in [0.25, 0.3) is 5.91 Å². The van der Waals surface area contributed by atoms with Gasteiger partial charge in [0, 0.05) is 24.5 Å². The van der Waals surface area contributed by atoms with Crippen molar-refractivity contribution < 1.29 is 4.79 Å². The molecule has 2 aromatic heterocycles. The maximum Gasteiger partial charge on any atom is 0.274 e. The Balaban J connectivity index is 1.40. The Morgan fingerprint density at radius 1 is 1.12 bits per heavy atom. The normalized spacial score (nSPS) is 13.6. The molecule has 7 heteroatoms. The van der Waals surface area contributed by atoms with Gasteiger partial charge in [-0.15, -0.1) is 11.3 Å². The lowest BCUT2D eigenvalue weighted by Crippen LogP contribution is -2.35. The topological polar surface area (TPSA) is 61.9 Å². The predicted octanol–water partition coefficient (Wildman–Crippen LogP) is 6.36. The van der Waals surface area contributed by atoms with Crippen molar-refractivity contribution in [2.75, 3.05) is 13.1 Å². The summed E-state index contributed by atoms with van der Waals surface area (Å²) in [6.07, 6.45) is 3.03. The van der Waals surface area contributed by atoms with E-state index < -0.39 is 0 Å². The monoisotopic (exact) mass is 478 g/mol. The van der Waals surface area contributed by atoms with Crippen LogP contribution in [-0.2, 0) is 6.42 Å². The fraction of sp³-hybridized carbons (Fsp3) is 0.346. The number of rotatable bonds is 7. The highest BCUT2D eigenvalue weighted by Gasteiger charge is 2.30. The molecule has 1 aliphatic rings. The lowest BCUT2D eigenvalue weighted by atomic mass is 10.0. The minimum Gasteiger partial charge on any atom is -0.342 e. The third kappa shape index (κ3) is 4.82. The van der Waals surface area contributed by atoms with Crippen LogP contribution in [0.3, 0.4) is 0 Å². The maximum atomic E-state index is 13.7. The first kappa shape index (κ1) is 22.1. The second-order valence-corrected chi connectivity index (χ2v) is 10.6. The molecule has 4 aromatic rings. The van der Waals surface area contributed by atoms with Gasteiger partial charge < -0.3 is 9.88 Å². The zero-order valence-electron chi connectivity index (χ0n) is 19.1. The quantitative estimate of drug-likeness (QED) is 0.336. The van der Waals surface area contributed by atoms with Crippen LogP contribution in [-0.4, -0.2) is 38.8 Å². The Morgan fingerprint density at radius 2 is 1.94 bits per heavy atom. The summed E-state index contributed by atoms with van der Waals surface area (Å²) in [6, 6.07) is 12.0. The second kappa shape index (κ2) is 8.92. The number of amides is 1. The van der Waals surface area contributed by atoms with Gasteiger partial charge in [0.05, 0.1) is 20.9 Å². The molecule has 170 valence electrons. The SMILES string of the molecule is Cc1nc(C(=O)N(CCc2nc3ccc(Cl)cc3[nH]2)CC2CC2)c(-c2ccc(C)c(C)c2)s1. The summed E-state index contributed by atoms with van der Waals surface area (Å²) in [5.41, 5.74) is 5.91. The summed E-state index contributed by atoms with van der Waals surface area (Å²) in [5, 5.41) is 1.59. The van der Waals surface area contributed by atoms with Crippen molar-refractivity contribution in [2.24, 2.45) is 5.92 Å². The Labute approximate surface area is 202 Å². The van der Waals surface area contributed by atoms with Crippen LogP contribution in [0.2, 0.25) is 5.02 Å². The fourth-order valence-corrected chi connectivity index (χ4v) is 5.16. The van der Waals surface area contributed by atoms with Crippen molar-refractivity contribution in [2.45, 2.75) is 40.0 Å². The van der Waals surface area contributed by atoms with E-state index >= 15 is 0 Å². The molecular formula is C26H27ClN4OS. The zero-order chi connectivity index (χ0) is 23.1. The molecule has 2 heterocycles. The third-order valence-electron chi connectivity index (χ3n) is 6.28. The number of aromatic amines is 1. The minimum absolute atomic E-state index is 0.0126. The molecule has 0 bridgehead atoms. The van der Waals surface area contributed by atoms with Gasteiger partial charge in [-0.1, -0.05) is 29.8 Å². The summed E-state index contributed by atoms with van der Waals surface area (Å²) in [7, 11) is 0. The van der Waals surface area contributed by atoms with E-state index in [1.807, 2.05) is 30.0 Å². The molecule has 1 amide bonds. The number of carbonyl (C=O) groups is 1. The molecule has 1 saturated carbocycles. The van der Waals surface area contributed by atoms with Crippen molar-refractivity contribution in [3.63, 3.8) is 0 Å². The van der Waals surface area contributed by atoms with E-state index in [2.05, 4.69) is 47.0 Å². The number of thiazole rings is 1. The van der Waals surface area contributed by atoms with Crippen LogP contribution in [0.5, 0.6) is 0 Å². The van der Waals surface area contributed by atoms with Crippen LogP contribution in [0.4, 0.5) is 0 Å². The van der Waals surface area contributed by atoms with Gasteiger partial charge in [-0.25, -0.2) is 9.97 Å². The van der Waals surface area contributed by atoms with Crippen molar-refractivity contribution >= 4 is 39.9 Å². The Bertz CT molecular complexity index is 1340. The largest absolute Gasteiger partial charge is 0.342 e. The predicted molar refractivity (Wildman–Crippen MR) is 135 cm³/mol. The summed E-state index contributed by atoms with van der Waals surface area (Å²) in [5.74, 6) is 1.47. The number of nitrogens with zero attached hydrogens (tertiary/aromatic N) is 3. The molecule has 1 fully saturated rings. The van der Waals surface area contributed by atoms with E-state index in [4.69, 9.17) is 11.6 Å². The summed E-state index contributed by atoms with van der Waals surface area (Å²) < 4.78 is 0. The van der Waals surface area contributed by atoms with Crippen LogP contribution < -0.4 is 0 Å². The number of fused-ring (bicyclic) bond motifs is 1. The maximum absolute atomic E-state index is 13.7. The van der Waals surface area contributed by atoms with Crippen LogP contribution in [0.1, 0.15) is 45.3 Å². The van der Waals surface area contributed by atoms with Gasteiger partial charge in [-0.05, 0) is 74.4 Å². The summed E-state index contributed by atoms with van der Waals surface area (Å²) in [4.78, 5) is 29.4. The molecule has 5 nitrogen and oxygen atoms in total. The fourth-order valence-electron chi connectivity index (χ4n) is 4.08. The number of imidazole rings is 1. The molecule has 5 rings (SSSR count). The lowest BCUT2D eigenvalue weighted by Gasteiger charge is -2.22. The highest BCUT2D eigenvalue weighted by atomic mass is 35.5. The van der Waals surface area contributed by atoms with Gasteiger partial charge in [-0.2, -0.15) is 0 Å². The van der Waals surface area contributed by atoms with Crippen molar-refractivity contribution in [3.8, 4) is 10.4 Å². The minimum atomic E-state index is 0.0126. The Kier molecular flexibility index (Phi) is 5.97. The third-order valence-corrected chi connectivity index (χ3v) is 7.53. The molecule has 2 aromatic carbocycles. The highest BCUT2D eigenvalue weighted by molar-refractivity contribution is 7.15. The van der Waals surface area contributed by atoms with E-state index in [1.165, 1.54) is 24.0 Å². The second-order valence-electron chi connectivity index (χ2n) is 9.00. The number of aryl methyl sites for hydroxylation is 3. The van der Waals surface area contributed by atoms with Crippen LogP contribution in [0, 0.1) is 26.7 Å². The molecule has 1 N–H and O–H groups in total. The Morgan fingerprint density at radius 3 is 2.70 bits per heavy atom. The average Bonchev–Trinajstić information content (AvgIpc) is 3.38. The number of H-pyrrole nitrogens is 1. The van der Waals surface area contributed by atoms with Crippen molar-refractivity contribution in [1.82, 2.24) is 19.9 Å². The first-order chi connectivity index (χ1) is 15.9. The van der Waals surface area contributed by atoms with Gasteiger partial charge in [0.2, 0.25) is 0 Å². The van der Waals surface area contributed by atoms with Crippen molar-refractivity contribution in [1.29, 1.82) is 0 Å². The molecule has 0 unspecified atom stereocenters. The molecule has 33 heavy (non-hydrogen) atoms. The van der Waals surface area contributed by atoms with E-state index in [1.54, 1.807) is 11.3 Å². The molecule has 0 spiro atoms. The number of benzene rings is 2. The molecule has 0 aliphatic heterocycles. The number of nitrogens with one attached hydrogen (secondary N) is 1. The number of aromatic nitrogens is 3. The van der Waals surface area contributed by atoms with E-state index in [9.17, 15) is 4.79 Å². The summed E-state index contributed by atoms with van der Waals surface area (Å²) >= 11 is 7.70. The number of hydrogen-bond acceptors (Lipinski definition) is 4. The van der Waals surface area contributed by atoms with Crippen LogP contribution in [0.25, 0.3) is 21.5 Å². The molecule has 0 atom stereocenters. The number of halogens is 1. The molecule has 0 saturated heterocycles. The summed E-state index contributed by atoms with van der Waals surface area (Å²) in [6.45, 7) is 7.55. The molecule has 1 aliphatic carbocycles. The number of carbonyl (C=O) groups excluding carboxylic acids is 1. The Hall–Kier alpha value is -2.70. The van der Waals surface area contributed by atoms with Crippen LogP contribution in [0.15, 0.2) is 36.4 Å². The first-order valence-corrected chi connectivity index (χ1v) is 12.6. The van der Waals surface area contributed by atoms with Gasteiger partial charge in [0.15, 0.2) is 0 Å². The standard InChI is InChI=1S/C26H27ClN4OS/c1-15-4-7-19(12-16(15)2)25-24(28-17(3)33-25)26(32)31(14-18-5-6-18)11-10-23-29-21-9-8-20(27)13-22(21)30-23/h4,7-9,12-13,18H,5-6,10-11,14H2,1-3H3,(H,29,30). The zero-order valence-corrected chi connectivity index (χ0v) is 20.7. The molecule has 0 radical (unpaired) electrons. The van der Waals surface area contributed by atoms with E-state index in [0.29, 0.717) is 29.6 Å².